The number of hydrogen-bond donors (Lipinski definition) is 1. The number of oxime groups is 1. The van der Waals surface area contributed by atoms with Crippen molar-refractivity contribution in [2.75, 3.05) is 39.9 Å². The molecular formula is C16H22N3O4+. The van der Waals surface area contributed by atoms with Crippen LogP contribution in [0.1, 0.15) is 12.0 Å². The first-order valence-electron chi connectivity index (χ1n) is 7.57. The average Bonchev–Trinajstić information content (AvgIpc) is 2.56. The third-order valence-electron chi connectivity index (χ3n) is 4.16. The second-order valence-corrected chi connectivity index (χ2v) is 5.93. The van der Waals surface area contributed by atoms with Crippen LogP contribution in [-0.4, -0.2) is 60.2 Å². The molecule has 124 valence electrons. The highest BCUT2D eigenvalue weighted by Gasteiger charge is 2.25. The summed E-state index contributed by atoms with van der Waals surface area (Å²) >= 11 is 0. The minimum Gasteiger partial charge on any atom is -0.411 e. The smallest absolute Gasteiger partial charge is 0.269 e. The van der Waals surface area contributed by atoms with Gasteiger partial charge in [0.15, 0.2) is 0 Å². The Morgan fingerprint density at radius 2 is 2.04 bits per heavy atom. The first-order chi connectivity index (χ1) is 11.0. The quantitative estimate of drug-likeness (QED) is 0.286. The van der Waals surface area contributed by atoms with E-state index in [0.717, 1.165) is 42.9 Å². The second-order valence-electron chi connectivity index (χ2n) is 5.93. The van der Waals surface area contributed by atoms with E-state index in [1.165, 1.54) is 12.1 Å². The van der Waals surface area contributed by atoms with E-state index in [9.17, 15) is 10.1 Å². The molecule has 23 heavy (non-hydrogen) atoms. The van der Waals surface area contributed by atoms with Crippen molar-refractivity contribution >= 4 is 17.5 Å². The predicted octanol–water partition coefficient (Wildman–Crippen LogP) is 2.31. The van der Waals surface area contributed by atoms with Gasteiger partial charge in [-0.05, 0) is 23.8 Å². The van der Waals surface area contributed by atoms with Gasteiger partial charge >= 0.3 is 0 Å². The van der Waals surface area contributed by atoms with E-state index in [-0.39, 0.29) is 5.69 Å². The van der Waals surface area contributed by atoms with Gasteiger partial charge in [0.2, 0.25) is 0 Å². The number of nitro groups is 1. The normalized spacial score (nSPS) is 18.2. The predicted molar refractivity (Wildman–Crippen MR) is 87.6 cm³/mol. The second kappa shape index (κ2) is 7.85. The Morgan fingerprint density at radius 3 is 2.61 bits per heavy atom. The highest BCUT2D eigenvalue weighted by Crippen LogP contribution is 2.14. The first kappa shape index (κ1) is 17.1. The summed E-state index contributed by atoms with van der Waals surface area (Å²) in [4.78, 5) is 10.2. The maximum Gasteiger partial charge on any atom is 0.269 e. The fourth-order valence-electron chi connectivity index (χ4n) is 2.46. The fourth-order valence-corrected chi connectivity index (χ4v) is 2.46. The number of likely N-dealkylation sites (N-methyl/N-ethyl adjacent to an activating group) is 1. The molecule has 7 heteroatoms. The van der Waals surface area contributed by atoms with E-state index in [1.54, 1.807) is 24.3 Å². The number of nitrogens with zero attached hydrogens (tertiary/aromatic N) is 3. The average molecular weight is 320 g/mol. The Morgan fingerprint density at radius 1 is 1.39 bits per heavy atom. The highest BCUT2D eigenvalue weighted by molar-refractivity contribution is 5.97. The van der Waals surface area contributed by atoms with Crippen LogP contribution in [0.25, 0.3) is 6.08 Å². The molecule has 1 aromatic rings. The molecule has 0 aliphatic carbocycles. The molecule has 1 aliphatic rings. The van der Waals surface area contributed by atoms with E-state index in [4.69, 9.17) is 9.94 Å². The monoisotopic (exact) mass is 320 g/mol. The van der Waals surface area contributed by atoms with E-state index < -0.39 is 4.92 Å². The lowest BCUT2D eigenvalue weighted by molar-refractivity contribution is -0.916. The summed E-state index contributed by atoms with van der Waals surface area (Å²) in [6.07, 6.45) is 4.20. The lowest BCUT2D eigenvalue weighted by Crippen LogP contribution is -2.52. The minimum absolute atomic E-state index is 0.0583. The van der Waals surface area contributed by atoms with Crippen molar-refractivity contribution < 1.29 is 19.4 Å². The summed E-state index contributed by atoms with van der Waals surface area (Å²) in [5.41, 5.74) is 1.47. The Bertz CT molecular complexity index is 590. The van der Waals surface area contributed by atoms with Crippen LogP contribution in [0.15, 0.2) is 35.5 Å². The molecule has 0 saturated carbocycles. The van der Waals surface area contributed by atoms with Gasteiger partial charge in [0.25, 0.3) is 5.69 Å². The van der Waals surface area contributed by atoms with Gasteiger partial charge < -0.3 is 14.4 Å². The van der Waals surface area contributed by atoms with Crippen LogP contribution in [0, 0.1) is 10.1 Å². The molecular weight excluding hydrogens is 298 g/mol. The Kier molecular flexibility index (Phi) is 5.84. The van der Waals surface area contributed by atoms with Crippen molar-refractivity contribution in [2.24, 2.45) is 5.16 Å². The molecule has 1 aliphatic heterocycles. The molecule has 1 N–H and O–H groups in total. The first-order valence-corrected chi connectivity index (χ1v) is 7.57. The summed E-state index contributed by atoms with van der Waals surface area (Å²) in [7, 11) is 2.18. The van der Waals surface area contributed by atoms with Crippen LogP contribution < -0.4 is 0 Å². The molecule has 1 saturated heterocycles. The summed E-state index contributed by atoms with van der Waals surface area (Å²) < 4.78 is 6.28. The third kappa shape index (κ3) is 5.15. The van der Waals surface area contributed by atoms with Crippen molar-refractivity contribution in [1.82, 2.24) is 0 Å². The van der Waals surface area contributed by atoms with Crippen molar-refractivity contribution in [2.45, 2.75) is 6.42 Å². The molecule has 1 aromatic carbocycles. The zero-order valence-corrected chi connectivity index (χ0v) is 13.2. The van der Waals surface area contributed by atoms with Gasteiger partial charge in [0, 0.05) is 18.6 Å². The van der Waals surface area contributed by atoms with Gasteiger partial charge in [-0.3, -0.25) is 10.1 Å². The molecule has 1 heterocycles. The number of morpholine rings is 1. The van der Waals surface area contributed by atoms with E-state index in [1.807, 2.05) is 0 Å². The number of ether oxygens (including phenoxy) is 1. The highest BCUT2D eigenvalue weighted by atomic mass is 16.6. The van der Waals surface area contributed by atoms with Crippen LogP contribution in [-0.2, 0) is 4.74 Å². The van der Waals surface area contributed by atoms with E-state index >= 15 is 0 Å². The number of benzene rings is 1. The number of hydrogen-bond acceptors (Lipinski definition) is 5. The summed E-state index contributed by atoms with van der Waals surface area (Å²) in [5.74, 6) is 0. The molecule has 0 spiro atoms. The molecule has 0 unspecified atom stereocenters. The van der Waals surface area contributed by atoms with Gasteiger partial charge in [0.05, 0.1) is 37.4 Å². The lowest BCUT2D eigenvalue weighted by atomic mass is 10.1. The van der Waals surface area contributed by atoms with Crippen LogP contribution in [0.3, 0.4) is 0 Å². The van der Waals surface area contributed by atoms with Crippen LogP contribution >= 0.6 is 0 Å². The van der Waals surface area contributed by atoms with Crippen LogP contribution in [0.5, 0.6) is 0 Å². The maximum atomic E-state index is 10.6. The number of non-ortho nitro benzene ring substituents is 1. The van der Waals surface area contributed by atoms with Crippen molar-refractivity contribution in [3.63, 3.8) is 0 Å². The SMILES string of the molecule is C[N+]1(CCC(C=Cc2ccc([N+](=O)[O-])cc2)=NO)CCOCC1. The number of rotatable bonds is 6. The minimum atomic E-state index is -0.430. The summed E-state index contributed by atoms with van der Waals surface area (Å²) in [5, 5.41) is 23.1. The molecule has 0 amide bonds. The molecule has 7 nitrogen and oxygen atoms in total. The maximum absolute atomic E-state index is 10.6. The van der Waals surface area contributed by atoms with Crippen LogP contribution in [0.4, 0.5) is 5.69 Å². The summed E-state index contributed by atoms with van der Waals surface area (Å²) in [6, 6.07) is 6.24. The Hall–Kier alpha value is -2.25. The third-order valence-corrected chi connectivity index (χ3v) is 4.16. The number of quaternary nitrogens is 1. The van der Waals surface area contributed by atoms with Gasteiger partial charge in [-0.15, -0.1) is 0 Å². The van der Waals surface area contributed by atoms with Gasteiger partial charge in [0.1, 0.15) is 13.1 Å². The number of allylic oxidation sites excluding steroid dienone is 1. The van der Waals surface area contributed by atoms with Gasteiger partial charge in [-0.2, -0.15) is 0 Å². The topological polar surface area (TPSA) is 85.0 Å². The Labute approximate surface area is 135 Å². The zero-order chi connectivity index (χ0) is 16.7. The van der Waals surface area contributed by atoms with Crippen LogP contribution in [0.2, 0.25) is 0 Å². The standard InChI is InChI=1S/C16H21N3O4/c1-19(10-12-23-13-11-19)9-8-15(17-20)5-2-14-3-6-16(7-4-14)18(21)22/h2-7H,8-13H2,1H3/p+1. The molecule has 0 radical (unpaired) electrons. The fraction of sp³-hybridized carbons (Fsp3) is 0.438. The van der Waals surface area contributed by atoms with Gasteiger partial charge in [-0.1, -0.05) is 11.2 Å². The van der Waals surface area contributed by atoms with Gasteiger partial charge in [-0.25, -0.2) is 0 Å². The van der Waals surface area contributed by atoms with E-state index in [2.05, 4.69) is 12.2 Å². The van der Waals surface area contributed by atoms with Crippen molar-refractivity contribution in [3.05, 3.63) is 46.0 Å². The lowest BCUT2D eigenvalue weighted by Gasteiger charge is -2.37. The van der Waals surface area contributed by atoms with E-state index in [0.29, 0.717) is 12.1 Å². The zero-order valence-electron chi connectivity index (χ0n) is 13.2. The molecule has 0 bridgehead atoms. The molecule has 0 atom stereocenters. The summed E-state index contributed by atoms with van der Waals surface area (Å²) in [6.45, 7) is 4.34. The Balaban J connectivity index is 1.92. The number of nitro benzene ring substituents is 1. The van der Waals surface area contributed by atoms with Crippen molar-refractivity contribution in [3.8, 4) is 0 Å². The molecule has 0 aromatic heterocycles. The largest absolute Gasteiger partial charge is 0.411 e. The molecule has 1 fully saturated rings. The molecule has 2 rings (SSSR count). The van der Waals surface area contributed by atoms with Crippen molar-refractivity contribution in [1.29, 1.82) is 0 Å².